The van der Waals surface area contributed by atoms with Crippen LogP contribution in [-0.2, 0) is 0 Å². The predicted octanol–water partition coefficient (Wildman–Crippen LogP) is 0.766. The number of hydrogen-bond donors (Lipinski definition) is 4. The van der Waals surface area contributed by atoms with Crippen LogP contribution in [0.15, 0.2) is 0 Å². The summed E-state index contributed by atoms with van der Waals surface area (Å²) in [5.74, 6) is 1.39. The molecule has 0 bridgehead atoms. The van der Waals surface area contributed by atoms with Gasteiger partial charge in [0.2, 0.25) is 0 Å². The predicted molar refractivity (Wildman–Crippen MR) is 68.7 cm³/mol. The Hall–Kier alpha value is 0.447. The van der Waals surface area contributed by atoms with Crippen molar-refractivity contribution in [2.45, 2.75) is 32.2 Å². The Kier molecular flexibility index (Phi) is 8.84. The summed E-state index contributed by atoms with van der Waals surface area (Å²) in [6.07, 6.45) is 3.29. The van der Waals surface area contributed by atoms with Crippen LogP contribution in [0.25, 0.3) is 0 Å². The summed E-state index contributed by atoms with van der Waals surface area (Å²) in [6.45, 7) is 2.13. The highest BCUT2D eigenvalue weighted by Gasteiger charge is 2.32. The lowest BCUT2D eigenvalue weighted by molar-refractivity contribution is 0.283. The van der Waals surface area contributed by atoms with Crippen molar-refractivity contribution >= 4 is 20.7 Å². The number of unbranched alkanes of at least 4 members (excludes halogenated alkanes) is 1. The minimum atomic E-state index is -2.19. The van der Waals surface area contributed by atoms with Crippen LogP contribution in [0.3, 0.4) is 0 Å². The maximum absolute atomic E-state index is 9.23. The van der Waals surface area contributed by atoms with Crippen LogP contribution in [0, 0.1) is 5.92 Å². The maximum Gasteiger partial charge on any atom is 0.140 e. The third kappa shape index (κ3) is 5.92. The average molecular weight is 252 g/mol. The SMILES string of the molecule is CC(CCCCS)C[Si](CO)(CO)CO. The third-order valence-corrected chi connectivity index (χ3v) is 6.78. The first kappa shape index (κ1) is 15.4. The fraction of sp³-hybridized carbons (Fsp3) is 1.00. The number of hydrogen-bond acceptors (Lipinski definition) is 4. The Bertz CT molecular complexity index is 145. The van der Waals surface area contributed by atoms with Crippen LogP contribution in [0.1, 0.15) is 26.2 Å². The standard InChI is InChI=1S/C10H24O3SSi/c1-10(4-2-3-5-14)6-15(7-11,8-12)9-13/h10-14H,2-9H2,1H3. The molecule has 0 amide bonds. The molecule has 0 saturated heterocycles. The molecule has 0 aromatic rings. The normalized spacial score (nSPS) is 14.2. The summed E-state index contributed by atoms with van der Waals surface area (Å²) in [6, 6.07) is 0.809. The Morgan fingerprint density at radius 2 is 1.60 bits per heavy atom. The second-order valence-corrected chi connectivity index (χ2v) is 9.31. The zero-order chi connectivity index (χ0) is 11.7. The van der Waals surface area contributed by atoms with Gasteiger partial charge in [0.05, 0.1) is 0 Å². The van der Waals surface area contributed by atoms with Gasteiger partial charge in [-0.3, -0.25) is 0 Å². The van der Waals surface area contributed by atoms with Crippen molar-refractivity contribution in [2.24, 2.45) is 5.92 Å². The lowest BCUT2D eigenvalue weighted by Gasteiger charge is -2.27. The van der Waals surface area contributed by atoms with Gasteiger partial charge in [-0.15, -0.1) is 0 Å². The summed E-state index contributed by atoms with van der Waals surface area (Å²) in [5.41, 5.74) is 0. The van der Waals surface area contributed by atoms with E-state index in [1.807, 2.05) is 0 Å². The van der Waals surface area contributed by atoms with E-state index >= 15 is 0 Å². The largest absolute Gasteiger partial charge is 0.399 e. The fourth-order valence-corrected chi connectivity index (χ4v) is 4.38. The van der Waals surface area contributed by atoms with E-state index in [0.717, 1.165) is 31.1 Å². The summed E-state index contributed by atoms with van der Waals surface area (Å²) in [7, 11) is -2.19. The van der Waals surface area contributed by atoms with Gasteiger partial charge in [0.25, 0.3) is 0 Å². The first-order valence-corrected chi connectivity index (χ1v) is 9.03. The van der Waals surface area contributed by atoms with Gasteiger partial charge >= 0.3 is 0 Å². The van der Waals surface area contributed by atoms with Gasteiger partial charge in [-0.1, -0.05) is 19.8 Å². The molecule has 0 heterocycles. The van der Waals surface area contributed by atoms with Crippen LogP contribution in [-0.4, -0.2) is 47.8 Å². The van der Waals surface area contributed by atoms with Gasteiger partial charge in [-0.05, 0) is 24.1 Å². The maximum atomic E-state index is 9.23. The molecular formula is C10H24O3SSi. The summed E-state index contributed by atoms with van der Waals surface area (Å²) >= 11 is 4.15. The molecular weight excluding hydrogens is 228 g/mol. The Balaban J connectivity index is 3.94. The lowest BCUT2D eigenvalue weighted by Crippen LogP contribution is -2.49. The van der Waals surface area contributed by atoms with E-state index in [2.05, 4.69) is 19.6 Å². The van der Waals surface area contributed by atoms with Crippen LogP contribution in [0.4, 0.5) is 0 Å². The average Bonchev–Trinajstić information content (AvgIpc) is 2.26. The van der Waals surface area contributed by atoms with Crippen LogP contribution >= 0.6 is 12.6 Å². The molecule has 0 radical (unpaired) electrons. The monoisotopic (exact) mass is 252 g/mol. The van der Waals surface area contributed by atoms with Crippen molar-refractivity contribution in [2.75, 3.05) is 24.4 Å². The summed E-state index contributed by atoms with van der Waals surface area (Å²) < 4.78 is 0. The van der Waals surface area contributed by atoms with E-state index < -0.39 is 8.07 Å². The van der Waals surface area contributed by atoms with Gasteiger partial charge in [-0.2, -0.15) is 12.6 Å². The molecule has 3 nitrogen and oxygen atoms in total. The number of rotatable bonds is 9. The van der Waals surface area contributed by atoms with E-state index in [9.17, 15) is 15.3 Å². The van der Waals surface area contributed by atoms with Crippen molar-refractivity contribution in [1.82, 2.24) is 0 Å². The number of aliphatic hydroxyl groups excluding tert-OH is 3. The molecule has 92 valence electrons. The first-order valence-electron chi connectivity index (χ1n) is 5.57. The molecule has 0 aliphatic carbocycles. The molecule has 1 atom stereocenters. The summed E-state index contributed by atoms with van der Waals surface area (Å²) in [4.78, 5) is 0. The second-order valence-electron chi connectivity index (χ2n) is 4.50. The summed E-state index contributed by atoms with van der Waals surface area (Å²) in [5, 5.41) is 27.7. The van der Waals surface area contributed by atoms with Crippen LogP contribution in [0.5, 0.6) is 0 Å². The molecule has 0 rings (SSSR count). The van der Waals surface area contributed by atoms with E-state index in [1.54, 1.807) is 0 Å². The van der Waals surface area contributed by atoms with Crippen molar-refractivity contribution in [3.8, 4) is 0 Å². The van der Waals surface area contributed by atoms with Crippen LogP contribution < -0.4 is 0 Å². The molecule has 0 saturated carbocycles. The van der Waals surface area contributed by atoms with Gasteiger partial charge in [0.15, 0.2) is 0 Å². The van der Waals surface area contributed by atoms with Gasteiger partial charge in [0.1, 0.15) is 8.07 Å². The van der Waals surface area contributed by atoms with Gasteiger partial charge in [0, 0.05) is 18.7 Å². The molecule has 0 fully saturated rings. The minimum absolute atomic E-state index is 0.0170. The molecule has 5 heteroatoms. The zero-order valence-electron chi connectivity index (χ0n) is 9.52. The lowest BCUT2D eigenvalue weighted by atomic mass is 10.1. The minimum Gasteiger partial charge on any atom is -0.399 e. The van der Waals surface area contributed by atoms with Crippen molar-refractivity contribution in [3.05, 3.63) is 0 Å². The molecule has 1 unspecified atom stereocenters. The van der Waals surface area contributed by atoms with Gasteiger partial charge < -0.3 is 15.3 Å². The van der Waals surface area contributed by atoms with Crippen molar-refractivity contribution in [1.29, 1.82) is 0 Å². The highest BCUT2D eigenvalue weighted by molar-refractivity contribution is 7.80. The van der Waals surface area contributed by atoms with Crippen LogP contribution in [0.2, 0.25) is 6.04 Å². The molecule has 0 aliphatic rings. The smallest absolute Gasteiger partial charge is 0.140 e. The Morgan fingerprint density at radius 1 is 1.07 bits per heavy atom. The van der Waals surface area contributed by atoms with E-state index in [0.29, 0.717) is 5.92 Å². The molecule has 0 aliphatic heterocycles. The van der Waals surface area contributed by atoms with E-state index in [4.69, 9.17) is 0 Å². The van der Waals surface area contributed by atoms with E-state index in [1.165, 1.54) is 0 Å². The molecule has 3 N–H and O–H groups in total. The molecule has 15 heavy (non-hydrogen) atoms. The molecule has 0 aromatic carbocycles. The highest BCUT2D eigenvalue weighted by Crippen LogP contribution is 2.20. The fourth-order valence-electron chi connectivity index (χ4n) is 1.79. The van der Waals surface area contributed by atoms with E-state index in [-0.39, 0.29) is 18.7 Å². The topological polar surface area (TPSA) is 60.7 Å². The first-order chi connectivity index (χ1) is 7.14. The molecule has 0 spiro atoms. The Labute approximate surface area is 98.9 Å². The van der Waals surface area contributed by atoms with Crippen molar-refractivity contribution < 1.29 is 15.3 Å². The quantitative estimate of drug-likeness (QED) is 0.278. The number of thiol groups is 1. The van der Waals surface area contributed by atoms with Gasteiger partial charge in [-0.25, -0.2) is 0 Å². The highest BCUT2D eigenvalue weighted by atomic mass is 32.1. The zero-order valence-corrected chi connectivity index (χ0v) is 11.4. The Morgan fingerprint density at radius 3 is 2.00 bits per heavy atom. The second kappa shape index (κ2) is 8.58. The van der Waals surface area contributed by atoms with Crippen molar-refractivity contribution in [3.63, 3.8) is 0 Å². The molecule has 0 aromatic heterocycles. The number of aliphatic hydroxyl groups is 3. The third-order valence-electron chi connectivity index (χ3n) is 2.89.